The van der Waals surface area contributed by atoms with E-state index in [0.29, 0.717) is 46.2 Å². The highest BCUT2D eigenvalue weighted by Gasteiger charge is 2.48. The van der Waals surface area contributed by atoms with E-state index in [1.807, 2.05) is 48.5 Å². The molecule has 0 radical (unpaired) electrons. The van der Waals surface area contributed by atoms with Crippen LogP contribution < -0.4 is 14.4 Å². The summed E-state index contributed by atoms with van der Waals surface area (Å²) >= 11 is 0.934. The molecule has 1 atom stereocenters. The van der Waals surface area contributed by atoms with Gasteiger partial charge in [0.25, 0.3) is 5.78 Å². The molecule has 10 heteroatoms. The highest BCUT2D eigenvalue weighted by Crippen LogP contribution is 2.45. The third-order valence-corrected chi connectivity index (χ3v) is 8.80. The molecule has 2 heterocycles. The van der Waals surface area contributed by atoms with Gasteiger partial charge in [0.15, 0.2) is 5.13 Å². The molecule has 47 heavy (non-hydrogen) atoms. The first kappa shape index (κ1) is 31.3. The zero-order valence-corrected chi connectivity index (χ0v) is 26.6. The average Bonchev–Trinajstić information content (AvgIpc) is 3.60. The number of rotatable bonds is 9. The summed E-state index contributed by atoms with van der Waals surface area (Å²) < 4.78 is 16.9. The van der Waals surface area contributed by atoms with Crippen LogP contribution in [0.4, 0.5) is 5.13 Å². The van der Waals surface area contributed by atoms with E-state index in [1.54, 1.807) is 68.4 Å². The highest BCUT2D eigenvalue weighted by molar-refractivity contribution is 7.17. The number of ketones is 1. The number of Topliss-reactive ketones (excluding diaryl/α,β-unsaturated/α-hetero) is 1. The van der Waals surface area contributed by atoms with E-state index < -0.39 is 23.7 Å². The Bertz CT molecular complexity index is 2000. The van der Waals surface area contributed by atoms with E-state index in [2.05, 4.69) is 4.98 Å². The zero-order chi connectivity index (χ0) is 33.1. The maximum Gasteiger partial charge on any atom is 0.350 e. The van der Waals surface area contributed by atoms with Crippen molar-refractivity contribution in [3.63, 3.8) is 0 Å². The predicted octanol–water partition coefficient (Wildman–Crippen LogP) is 7.54. The lowest BCUT2D eigenvalue weighted by atomic mass is 9.94. The van der Waals surface area contributed by atoms with Gasteiger partial charge in [0, 0.05) is 5.56 Å². The number of ether oxygens (including phenoxy) is 3. The van der Waals surface area contributed by atoms with Crippen LogP contribution in [0.5, 0.6) is 17.2 Å². The number of benzene rings is 4. The van der Waals surface area contributed by atoms with E-state index in [9.17, 15) is 19.5 Å². The summed E-state index contributed by atoms with van der Waals surface area (Å²) in [6.07, 6.45) is 0. The number of aliphatic hydroxyl groups excluding tert-OH is 1. The van der Waals surface area contributed by atoms with Crippen LogP contribution in [-0.2, 0) is 20.9 Å². The van der Waals surface area contributed by atoms with Crippen LogP contribution in [0.2, 0.25) is 0 Å². The van der Waals surface area contributed by atoms with Crippen molar-refractivity contribution < 1.29 is 33.7 Å². The number of hydrogen-bond acceptors (Lipinski definition) is 9. The standard InChI is InChI=1S/C37H30N2O7S/c1-22-19-27(45-21-24-11-6-4-7-12-24)17-18-29(22)32(40)30-31(25-13-10-16-28(20-25)46-26-14-8-5-9-15-26)39(35(42)33(30)41)37-38-23(2)34(47-37)36(43)44-3/h4-20,31,40H,21H2,1-3H3. The van der Waals surface area contributed by atoms with Crippen LogP contribution >= 0.6 is 11.3 Å². The normalized spacial score (nSPS) is 15.5. The van der Waals surface area contributed by atoms with Gasteiger partial charge in [-0.15, -0.1) is 0 Å². The molecule has 0 aliphatic carbocycles. The Balaban J connectivity index is 1.43. The molecule has 1 aromatic heterocycles. The number of esters is 1. The maximum absolute atomic E-state index is 13.8. The van der Waals surface area contributed by atoms with E-state index in [1.165, 1.54) is 12.0 Å². The number of para-hydroxylation sites is 1. The molecule has 0 bridgehead atoms. The molecule has 236 valence electrons. The fourth-order valence-corrected chi connectivity index (χ4v) is 6.37. The summed E-state index contributed by atoms with van der Waals surface area (Å²) in [7, 11) is 1.26. The molecule has 1 saturated heterocycles. The molecule has 1 N–H and O–H groups in total. The first-order chi connectivity index (χ1) is 22.7. The summed E-state index contributed by atoms with van der Waals surface area (Å²) in [6.45, 7) is 3.77. The molecular formula is C37H30N2O7S. The van der Waals surface area contributed by atoms with Crippen molar-refractivity contribution in [2.45, 2.75) is 26.5 Å². The fraction of sp³-hybridized carbons (Fsp3) is 0.135. The van der Waals surface area contributed by atoms with Crippen LogP contribution in [0, 0.1) is 13.8 Å². The lowest BCUT2D eigenvalue weighted by Gasteiger charge is -2.23. The van der Waals surface area contributed by atoms with Crippen molar-refractivity contribution in [2.24, 2.45) is 0 Å². The third-order valence-electron chi connectivity index (χ3n) is 7.66. The van der Waals surface area contributed by atoms with Crippen molar-refractivity contribution in [2.75, 3.05) is 12.0 Å². The van der Waals surface area contributed by atoms with E-state index in [-0.39, 0.29) is 21.3 Å². The van der Waals surface area contributed by atoms with Gasteiger partial charge in [-0.2, -0.15) is 0 Å². The quantitative estimate of drug-likeness (QED) is 0.0756. The van der Waals surface area contributed by atoms with Crippen LogP contribution in [-0.4, -0.2) is 34.9 Å². The van der Waals surface area contributed by atoms with Crippen LogP contribution in [0.3, 0.4) is 0 Å². The largest absolute Gasteiger partial charge is 0.507 e. The minimum absolute atomic E-state index is 0.116. The number of aromatic nitrogens is 1. The van der Waals surface area contributed by atoms with Gasteiger partial charge in [-0.25, -0.2) is 9.78 Å². The van der Waals surface area contributed by atoms with E-state index in [0.717, 1.165) is 16.9 Å². The smallest absolute Gasteiger partial charge is 0.350 e. The first-order valence-electron chi connectivity index (χ1n) is 14.7. The minimum Gasteiger partial charge on any atom is -0.507 e. The fourth-order valence-electron chi connectivity index (χ4n) is 5.36. The Kier molecular flexibility index (Phi) is 8.86. The molecule has 1 unspecified atom stereocenters. The number of methoxy groups -OCH3 is 1. The molecule has 1 aliphatic heterocycles. The van der Waals surface area contributed by atoms with Crippen LogP contribution in [0.25, 0.3) is 5.76 Å². The molecule has 9 nitrogen and oxygen atoms in total. The Morgan fingerprint density at radius 2 is 1.57 bits per heavy atom. The molecule has 4 aromatic carbocycles. The van der Waals surface area contributed by atoms with Gasteiger partial charge in [-0.05, 0) is 73.0 Å². The number of carbonyl (C=O) groups excluding carboxylic acids is 3. The van der Waals surface area contributed by atoms with Gasteiger partial charge in [0.05, 0.1) is 24.4 Å². The summed E-state index contributed by atoms with van der Waals surface area (Å²) in [5.74, 6) is -1.10. The molecule has 0 spiro atoms. The van der Waals surface area contributed by atoms with Crippen molar-refractivity contribution >= 4 is 39.9 Å². The van der Waals surface area contributed by atoms with Gasteiger partial charge in [0.1, 0.15) is 34.5 Å². The minimum atomic E-state index is -1.08. The van der Waals surface area contributed by atoms with Crippen molar-refractivity contribution in [1.82, 2.24) is 4.98 Å². The zero-order valence-electron chi connectivity index (χ0n) is 25.8. The summed E-state index contributed by atoms with van der Waals surface area (Å²) in [5.41, 5.74) is 2.72. The SMILES string of the molecule is COC(=O)c1sc(N2C(=O)C(=O)C(=C(O)c3ccc(OCc4ccccc4)cc3C)C2c2cccc(Oc3ccccc3)c2)nc1C. The number of nitrogens with zero attached hydrogens (tertiary/aromatic N) is 2. The van der Waals surface area contributed by atoms with Crippen molar-refractivity contribution in [3.05, 3.63) is 142 Å². The Morgan fingerprint density at radius 1 is 0.872 bits per heavy atom. The van der Waals surface area contributed by atoms with Crippen LogP contribution in [0.1, 0.15) is 43.7 Å². The second-order valence-corrected chi connectivity index (χ2v) is 11.8. The van der Waals surface area contributed by atoms with Crippen molar-refractivity contribution in [1.29, 1.82) is 0 Å². The number of carbonyl (C=O) groups is 3. The topological polar surface area (TPSA) is 115 Å². The van der Waals surface area contributed by atoms with Gasteiger partial charge in [-0.3, -0.25) is 14.5 Å². The number of amides is 1. The number of anilines is 1. The van der Waals surface area contributed by atoms with Crippen LogP contribution in [0.15, 0.2) is 109 Å². The van der Waals surface area contributed by atoms with E-state index >= 15 is 0 Å². The number of hydrogen-bond donors (Lipinski definition) is 1. The third kappa shape index (κ3) is 6.36. The number of aliphatic hydroxyl groups is 1. The molecule has 1 fully saturated rings. The molecule has 0 saturated carbocycles. The Morgan fingerprint density at radius 3 is 2.28 bits per heavy atom. The molecule has 6 rings (SSSR count). The summed E-state index contributed by atoms with van der Waals surface area (Å²) in [5, 5.41) is 11.9. The molecule has 5 aromatic rings. The second-order valence-electron chi connectivity index (χ2n) is 10.8. The van der Waals surface area contributed by atoms with E-state index in [4.69, 9.17) is 14.2 Å². The first-order valence-corrected chi connectivity index (χ1v) is 15.5. The predicted molar refractivity (Wildman–Crippen MR) is 178 cm³/mol. The maximum atomic E-state index is 13.8. The van der Waals surface area contributed by atoms with Gasteiger partial charge >= 0.3 is 11.9 Å². The second kappa shape index (κ2) is 13.3. The lowest BCUT2D eigenvalue weighted by molar-refractivity contribution is -0.132. The average molecular weight is 647 g/mol. The monoisotopic (exact) mass is 646 g/mol. The van der Waals surface area contributed by atoms with Gasteiger partial charge in [0.2, 0.25) is 0 Å². The summed E-state index contributed by atoms with van der Waals surface area (Å²) in [4.78, 5) is 45.9. The number of aryl methyl sites for hydroxylation is 2. The number of thiazole rings is 1. The van der Waals surface area contributed by atoms with Gasteiger partial charge in [-0.1, -0.05) is 72.0 Å². The Hall–Kier alpha value is -5.74. The molecular weight excluding hydrogens is 616 g/mol. The summed E-state index contributed by atoms with van der Waals surface area (Å²) in [6, 6.07) is 29.9. The lowest BCUT2D eigenvalue weighted by Crippen LogP contribution is -2.29. The highest BCUT2D eigenvalue weighted by atomic mass is 32.1. The van der Waals surface area contributed by atoms with Gasteiger partial charge < -0.3 is 19.3 Å². The Labute approximate surface area is 275 Å². The molecule has 1 amide bonds. The molecule has 1 aliphatic rings. The van der Waals surface area contributed by atoms with Crippen molar-refractivity contribution in [3.8, 4) is 17.2 Å².